The Labute approximate surface area is 439 Å². The topological polar surface area (TPSA) is 233 Å². The summed E-state index contributed by atoms with van der Waals surface area (Å²) in [5.74, 6) is -0.943. The van der Waals surface area contributed by atoms with Crippen LogP contribution >= 0.6 is 11.8 Å². The highest BCUT2D eigenvalue weighted by molar-refractivity contribution is 7.99. The van der Waals surface area contributed by atoms with Gasteiger partial charge >= 0.3 is 23.9 Å². The maximum atomic E-state index is 14.2. The van der Waals surface area contributed by atoms with Crippen LogP contribution in [0.1, 0.15) is 132 Å². The van der Waals surface area contributed by atoms with Crippen LogP contribution in [-0.4, -0.2) is 135 Å². The number of likely N-dealkylation sites (N-methyl/N-ethyl adjacent to an activating group) is 1. The molecule has 3 aromatic heterocycles. The van der Waals surface area contributed by atoms with Gasteiger partial charge in [0.1, 0.15) is 24.9 Å². The van der Waals surface area contributed by atoms with Gasteiger partial charge in [-0.15, -0.1) is 0 Å². The molecule has 0 saturated carbocycles. The smallest absolute Gasteiger partial charge is 0.340 e. The van der Waals surface area contributed by atoms with Gasteiger partial charge in [0, 0.05) is 90.1 Å². The van der Waals surface area contributed by atoms with E-state index in [-0.39, 0.29) is 37.4 Å². The van der Waals surface area contributed by atoms with Crippen molar-refractivity contribution in [2.24, 2.45) is 0 Å². The fourth-order valence-electron chi connectivity index (χ4n) is 8.72. The number of aliphatic hydroxyl groups excluding tert-OH is 2. The van der Waals surface area contributed by atoms with Gasteiger partial charge in [0.05, 0.1) is 44.2 Å². The van der Waals surface area contributed by atoms with Crippen LogP contribution in [0, 0.1) is 13.8 Å². The second-order valence-corrected chi connectivity index (χ2v) is 19.8. The number of amides is 1. The van der Waals surface area contributed by atoms with Crippen molar-refractivity contribution in [1.82, 2.24) is 24.8 Å². The van der Waals surface area contributed by atoms with E-state index < -0.39 is 42.3 Å². The molecule has 0 radical (unpaired) electrons. The van der Waals surface area contributed by atoms with Crippen LogP contribution in [-0.2, 0) is 73.5 Å². The van der Waals surface area contributed by atoms with E-state index in [1.807, 2.05) is 51.1 Å². The Morgan fingerprint density at radius 1 is 0.892 bits per heavy atom. The molecular weight excluding hydrogens is 967 g/mol. The number of allylic oxidation sites excluding steroid dienone is 5. The summed E-state index contributed by atoms with van der Waals surface area (Å²) in [7, 11) is 4.46. The zero-order chi connectivity index (χ0) is 55.0. The second-order valence-electron chi connectivity index (χ2n) is 18.7. The first kappa shape index (κ1) is 60.5. The summed E-state index contributed by atoms with van der Waals surface area (Å²) in [6.07, 6.45) is 4.93. The molecule has 3 aromatic rings. The van der Waals surface area contributed by atoms with Crippen LogP contribution in [0.5, 0.6) is 0 Å². The lowest BCUT2D eigenvalue weighted by atomic mass is 9.96. The molecule has 18 heteroatoms. The van der Waals surface area contributed by atoms with Gasteiger partial charge in [-0.1, -0.05) is 44.6 Å². The largest absolute Gasteiger partial charge is 0.469 e. The van der Waals surface area contributed by atoms with E-state index in [1.165, 1.54) is 45.4 Å². The summed E-state index contributed by atoms with van der Waals surface area (Å²) in [6, 6.07) is 5.96. The van der Waals surface area contributed by atoms with E-state index in [0.29, 0.717) is 71.1 Å². The lowest BCUT2D eigenvalue weighted by Gasteiger charge is -2.20. The number of nitrogens with one attached hydrogen (secondary N) is 2. The van der Waals surface area contributed by atoms with E-state index in [0.717, 1.165) is 56.4 Å². The molecule has 8 bridgehead atoms. The number of hydrogen-bond donors (Lipinski definition) is 4. The molecule has 1 fully saturated rings. The van der Waals surface area contributed by atoms with Crippen molar-refractivity contribution in [3.05, 3.63) is 92.6 Å². The molecule has 404 valence electrons. The number of thioether (sulfide) groups is 1. The number of rotatable bonds is 16. The number of nitrogens with zero attached hydrogens (tertiary/aromatic N) is 3. The highest BCUT2D eigenvalue weighted by atomic mass is 32.2. The monoisotopic (exact) mass is 1040 g/mol. The summed E-state index contributed by atoms with van der Waals surface area (Å²) in [6.45, 7) is 20.6. The Morgan fingerprint density at radius 3 is 2.11 bits per heavy atom. The van der Waals surface area contributed by atoms with E-state index in [2.05, 4.69) is 55.4 Å². The fourth-order valence-corrected chi connectivity index (χ4v) is 9.72. The minimum absolute atomic E-state index is 0.0239. The van der Waals surface area contributed by atoms with Crippen LogP contribution in [0.4, 0.5) is 0 Å². The van der Waals surface area contributed by atoms with Crippen molar-refractivity contribution in [3.8, 4) is 0 Å². The molecule has 6 heterocycles. The lowest BCUT2D eigenvalue weighted by Crippen LogP contribution is -2.38. The first-order valence-corrected chi connectivity index (χ1v) is 26.2. The van der Waals surface area contributed by atoms with E-state index in [1.54, 1.807) is 18.9 Å². The number of aromatic nitrogens is 4. The molecule has 1 saturated heterocycles. The van der Waals surface area contributed by atoms with Gasteiger partial charge < -0.3 is 48.8 Å². The second kappa shape index (κ2) is 28.6. The predicted octanol–water partition coefficient (Wildman–Crippen LogP) is 8.28. The first-order valence-electron chi connectivity index (χ1n) is 25.1. The van der Waals surface area contributed by atoms with Crippen LogP contribution in [0.15, 0.2) is 42.0 Å². The molecule has 1 amide bonds. The minimum Gasteiger partial charge on any atom is -0.469 e. The Morgan fingerprint density at radius 2 is 1.55 bits per heavy atom. The third-order valence-electron chi connectivity index (χ3n) is 12.9. The number of fused-ring (bicyclic) bond motifs is 8. The Hall–Kier alpha value is -6.08. The maximum absolute atomic E-state index is 14.2. The first-order chi connectivity index (χ1) is 35.1. The van der Waals surface area contributed by atoms with Crippen molar-refractivity contribution < 1.29 is 57.9 Å². The molecule has 74 heavy (non-hydrogen) atoms. The minimum atomic E-state index is -1.15. The van der Waals surface area contributed by atoms with Gasteiger partial charge in [-0.25, -0.2) is 9.78 Å². The number of aliphatic hydroxyl groups is 2. The van der Waals surface area contributed by atoms with E-state index in [9.17, 15) is 34.2 Å². The molecule has 0 aromatic carbocycles. The van der Waals surface area contributed by atoms with Crippen LogP contribution < -0.4 is 0 Å². The number of carbonyl (C=O) groups excluding carboxylic acids is 5. The Bertz CT molecular complexity index is 2760. The third kappa shape index (κ3) is 15.7. The summed E-state index contributed by atoms with van der Waals surface area (Å²) >= 11 is 1.53. The normalized spacial score (nSPS) is 17.9. The van der Waals surface area contributed by atoms with Gasteiger partial charge in [-0.05, 0) is 107 Å². The zero-order valence-electron chi connectivity index (χ0n) is 45.6. The van der Waals surface area contributed by atoms with Gasteiger partial charge in [0.2, 0.25) is 5.91 Å². The lowest BCUT2D eigenvalue weighted by molar-refractivity contribution is -0.152. The quantitative estimate of drug-likeness (QED) is 0.0458. The highest BCUT2D eigenvalue weighted by Crippen LogP contribution is 2.37. The number of carbonyl (C=O) groups is 5. The van der Waals surface area contributed by atoms with Gasteiger partial charge in [-0.2, -0.15) is 11.8 Å². The highest BCUT2D eigenvalue weighted by Gasteiger charge is 2.46. The van der Waals surface area contributed by atoms with Crippen molar-refractivity contribution in [1.29, 1.82) is 0 Å². The van der Waals surface area contributed by atoms with Crippen molar-refractivity contribution in [2.45, 2.75) is 145 Å². The number of ether oxygens (including phenoxy) is 5. The number of hydrogen-bond acceptors (Lipinski definition) is 15. The Balaban J connectivity index is 0.000000807. The Kier molecular flexibility index (Phi) is 23.3. The average molecular weight is 1040 g/mol. The number of aryl methyl sites for hydroxylation is 3. The predicted molar refractivity (Wildman–Crippen MR) is 289 cm³/mol. The van der Waals surface area contributed by atoms with Crippen LogP contribution in [0.2, 0.25) is 0 Å². The molecule has 17 nitrogen and oxygen atoms in total. The molecular formula is C56H77N5O12S. The molecule has 5 unspecified atom stereocenters. The SMILES string of the molecule is C/C=C/C=C(C)C.CCC(=O)OC.CCc1c(C)c2cc3[nH]c(cc4nc(c(CC(=O)N(C)CCCSCC5OC(COC(C)=O)C(O)C5OC(C)=O)c5nc(cc1[nH]2)C(C)=C5C(=O)OC)CC4C)c(C)c3CO. The van der Waals surface area contributed by atoms with E-state index >= 15 is 0 Å². The summed E-state index contributed by atoms with van der Waals surface area (Å²) in [5.41, 5.74) is 12.4. The number of H-pyrrole nitrogens is 2. The van der Waals surface area contributed by atoms with Crippen molar-refractivity contribution >= 4 is 74.8 Å². The zero-order valence-corrected chi connectivity index (χ0v) is 46.5. The van der Waals surface area contributed by atoms with Gasteiger partial charge in [0.25, 0.3) is 0 Å². The van der Waals surface area contributed by atoms with Gasteiger partial charge in [0.15, 0.2) is 6.10 Å². The van der Waals surface area contributed by atoms with Gasteiger partial charge in [-0.3, -0.25) is 24.2 Å². The molecule has 3 aliphatic rings. The summed E-state index contributed by atoms with van der Waals surface area (Å²) in [5, 5.41) is 21.2. The number of aromatic amines is 2. The molecule has 4 N–H and O–H groups in total. The average Bonchev–Trinajstić information content (AvgIpc) is 4.14. The van der Waals surface area contributed by atoms with Crippen LogP contribution in [0.3, 0.4) is 0 Å². The van der Waals surface area contributed by atoms with E-state index in [4.69, 9.17) is 28.9 Å². The fraction of sp³-hybridized carbons (Fsp3) is 0.518. The summed E-state index contributed by atoms with van der Waals surface area (Å²) < 4.78 is 25.9. The van der Waals surface area contributed by atoms with Crippen molar-refractivity contribution in [3.63, 3.8) is 0 Å². The number of methoxy groups -OCH3 is 2. The molecule has 5 atom stereocenters. The molecule has 0 aliphatic carbocycles. The number of esters is 4. The molecule has 6 rings (SSSR count). The molecule has 0 spiro atoms. The molecule has 3 aliphatic heterocycles. The third-order valence-corrected chi connectivity index (χ3v) is 14.1. The van der Waals surface area contributed by atoms with Crippen molar-refractivity contribution in [2.75, 3.05) is 45.9 Å². The standard InChI is InChI=1S/C45H57N5O10S.C7H12.C4H8O2/c1-10-28-23(3)33-17-37-30(19-51)24(4)32(48-37)16-31-22(2)14-35(46-31)29(42-41(45(56)57-9)25(5)34(49-42)18-36(28)47-33)15-40(54)50(8)12-11-13-61-21-39-44(59-27(7)53)43(55)38(60-39)20-58-26(6)52;1-4-5-6-7(2)3;1-3-4(5)6-2/h16-18,22,38-39,43-44,47-48,51,55H,10-15,19-21H2,1-9H3;4-6H,1-3H3;3H2,1-2H3/b;5-4+;. The maximum Gasteiger partial charge on any atom is 0.340 e. The summed E-state index contributed by atoms with van der Waals surface area (Å²) in [4.78, 5) is 79.9. The van der Waals surface area contributed by atoms with Crippen LogP contribution in [0.25, 0.3) is 33.2 Å².